The second-order valence-corrected chi connectivity index (χ2v) is 4.65. The highest BCUT2D eigenvalue weighted by Gasteiger charge is 2.11. The first kappa shape index (κ1) is 11.9. The van der Waals surface area contributed by atoms with Gasteiger partial charge < -0.3 is 9.88 Å². The van der Waals surface area contributed by atoms with Gasteiger partial charge in [-0.1, -0.05) is 0 Å². The predicted octanol–water partition coefficient (Wildman–Crippen LogP) is 2.74. The topological polar surface area (TPSA) is 46.9 Å². The van der Waals surface area contributed by atoms with E-state index in [9.17, 15) is 4.79 Å². The number of pyridine rings is 1. The Kier molecular flexibility index (Phi) is 3.28. The molecule has 1 N–H and O–H groups in total. The summed E-state index contributed by atoms with van der Waals surface area (Å²) in [5.74, 6) is 0.382. The lowest BCUT2D eigenvalue weighted by Crippen LogP contribution is -2.16. The third-order valence-electron chi connectivity index (χ3n) is 2.57. The van der Waals surface area contributed by atoms with E-state index in [0.717, 1.165) is 10.2 Å². The lowest BCUT2D eigenvalue weighted by molar-refractivity contribution is 0.101. The maximum absolute atomic E-state index is 11.9. The van der Waals surface area contributed by atoms with E-state index in [1.165, 1.54) is 0 Å². The number of carbonyl (C=O) groups is 1. The van der Waals surface area contributed by atoms with Gasteiger partial charge in [0.2, 0.25) is 0 Å². The van der Waals surface area contributed by atoms with Crippen LogP contribution in [-0.2, 0) is 7.05 Å². The number of nitrogens with one attached hydrogen (secondary N) is 1. The zero-order valence-corrected chi connectivity index (χ0v) is 11.2. The van der Waals surface area contributed by atoms with Crippen LogP contribution in [0.3, 0.4) is 0 Å². The van der Waals surface area contributed by atoms with E-state index in [2.05, 4.69) is 26.2 Å². The lowest BCUT2D eigenvalue weighted by Gasteiger charge is -2.06. The van der Waals surface area contributed by atoms with Crippen molar-refractivity contribution in [3.63, 3.8) is 0 Å². The summed E-state index contributed by atoms with van der Waals surface area (Å²) in [5.41, 5.74) is 1.66. The molecule has 1 amide bonds. The van der Waals surface area contributed by atoms with Crippen LogP contribution in [0.5, 0.6) is 0 Å². The van der Waals surface area contributed by atoms with Crippen molar-refractivity contribution in [2.75, 3.05) is 5.32 Å². The minimum Gasteiger partial charge on any atom is -0.344 e. The molecule has 88 valence electrons. The molecule has 0 spiro atoms. The molecule has 5 heteroatoms. The van der Waals surface area contributed by atoms with Crippen LogP contribution in [-0.4, -0.2) is 15.5 Å². The minimum absolute atomic E-state index is 0.157. The number of aryl methyl sites for hydroxylation is 1. The molecule has 2 heterocycles. The third kappa shape index (κ3) is 2.55. The number of hydrogen-bond donors (Lipinski definition) is 1. The van der Waals surface area contributed by atoms with E-state index in [-0.39, 0.29) is 5.91 Å². The summed E-state index contributed by atoms with van der Waals surface area (Å²) in [5, 5.41) is 2.75. The van der Waals surface area contributed by atoms with Crippen molar-refractivity contribution in [3.8, 4) is 0 Å². The molecular weight excluding hydrogens is 282 g/mol. The minimum atomic E-state index is -0.157. The number of anilines is 1. The summed E-state index contributed by atoms with van der Waals surface area (Å²) in [6.45, 7) is 1.95. The smallest absolute Gasteiger partial charge is 0.273 e. The van der Waals surface area contributed by atoms with Crippen LogP contribution < -0.4 is 5.32 Å². The second kappa shape index (κ2) is 4.71. The highest BCUT2D eigenvalue weighted by molar-refractivity contribution is 9.10. The van der Waals surface area contributed by atoms with Crippen LogP contribution in [0.2, 0.25) is 0 Å². The van der Waals surface area contributed by atoms with Crippen molar-refractivity contribution < 1.29 is 4.79 Å². The summed E-state index contributed by atoms with van der Waals surface area (Å²) in [7, 11) is 1.86. The maximum Gasteiger partial charge on any atom is 0.273 e. The van der Waals surface area contributed by atoms with Gasteiger partial charge in [0.15, 0.2) is 0 Å². The van der Waals surface area contributed by atoms with Crippen molar-refractivity contribution in [1.82, 2.24) is 9.55 Å². The number of halogens is 1. The van der Waals surface area contributed by atoms with Crippen LogP contribution in [0.1, 0.15) is 16.2 Å². The molecule has 17 heavy (non-hydrogen) atoms. The first-order chi connectivity index (χ1) is 8.08. The number of amides is 1. The highest BCUT2D eigenvalue weighted by Crippen LogP contribution is 2.12. The second-order valence-electron chi connectivity index (χ2n) is 3.73. The molecule has 0 saturated carbocycles. The Morgan fingerprint density at radius 1 is 1.35 bits per heavy atom. The first-order valence-electron chi connectivity index (χ1n) is 5.13. The molecule has 0 fully saturated rings. The van der Waals surface area contributed by atoms with Crippen molar-refractivity contribution in [1.29, 1.82) is 0 Å². The lowest BCUT2D eigenvalue weighted by atomic mass is 10.4. The molecule has 0 aliphatic carbocycles. The van der Waals surface area contributed by atoms with Gasteiger partial charge in [-0.3, -0.25) is 4.79 Å². The summed E-state index contributed by atoms with van der Waals surface area (Å²) in [6, 6.07) is 7.28. The number of aromatic nitrogens is 2. The SMILES string of the molecule is Cc1ccc(C(=O)Nc2ccc(Br)cn2)n1C. The van der Waals surface area contributed by atoms with Crippen molar-refractivity contribution in [2.24, 2.45) is 7.05 Å². The van der Waals surface area contributed by atoms with Gasteiger partial charge in [0.1, 0.15) is 11.5 Å². The Bertz CT molecular complexity index is 545. The molecule has 2 aromatic heterocycles. The number of rotatable bonds is 2. The fourth-order valence-corrected chi connectivity index (χ4v) is 1.71. The van der Waals surface area contributed by atoms with E-state index in [1.807, 2.05) is 30.7 Å². The molecular formula is C12H12BrN3O. The fraction of sp³-hybridized carbons (Fsp3) is 0.167. The van der Waals surface area contributed by atoms with Gasteiger partial charge in [-0.15, -0.1) is 0 Å². The fourth-order valence-electron chi connectivity index (χ4n) is 1.47. The molecule has 0 bridgehead atoms. The Labute approximate surface area is 108 Å². The quantitative estimate of drug-likeness (QED) is 0.925. The average molecular weight is 294 g/mol. The predicted molar refractivity (Wildman–Crippen MR) is 70.0 cm³/mol. The molecule has 2 rings (SSSR count). The van der Waals surface area contributed by atoms with Crippen molar-refractivity contribution in [2.45, 2.75) is 6.92 Å². The molecule has 0 aliphatic heterocycles. The van der Waals surface area contributed by atoms with E-state index >= 15 is 0 Å². The molecule has 0 radical (unpaired) electrons. The molecule has 0 aliphatic rings. The zero-order valence-electron chi connectivity index (χ0n) is 9.57. The van der Waals surface area contributed by atoms with Gasteiger partial charge in [-0.25, -0.2) is 4.98 Å². The highest BCUT2D eigenvalue weighted by atomic mass is 79.9. The van der Waals surface area contributed by atoms with E-state index in [0.29, 0.717) is 11.5 Å². The molecule has 0 saturated heterocycles. The van der Waals surface area contributed by atoms with Gasteiger partial charge in [0, 0.05) is 23.4 Å². The van der Waals surface area contributed by atoms with Crippen LogP contribution in [0.25, 0.3) is 0 Å². The van der Waals surface area contributed by atoms with Gasteiger partial charge in [0.05, 0.1) is 0 Å². The van der Waals surface area contributed by atoms with Crippen molar-refractivity contribution in [3.05, 3.63) is 46.3 Å². The Hall–Kier alpha value is -1.62. The van der Waals surface area contributed by atoms with Gasteiger partial charge >= 0.3 is 0 Å². The molecule has 2 aromatic rings. The zero-order chi connectivity index (χ0) is 12.4. The summed E-state index contributed by atoms with van der Waals surface area (Å²) >= 11 is 3.29. The van der Waals surface area contributed by atoms with Gasteiger partial charge in [-0.05, 0) is 47.1 Å². The monoisotopic (exact) mass is 293 g/mol. The summed E-state index contributed by atoms with van der Waals surface area (Å²) < 4.78 is 2.72. The van der Waals surface area contributed by atoms with E-state index < -0.39 is 0 Å². The van der Waals surface area contributed by atoms with E-state index in [1.54, 1.807) is 18.3 Å². The standard InChI is InChI=1S/C12H12BrN3O/c1-8-3-5-10(16(8)2)12(17)15-11-6-4-9(13)7-14-11/h3-7H,1-2H3,(H,14,15,17). The first-order valence-corrected chi connectivity index (χ1v) is 5.92. The number of carbonyl (C=O) groups excluding carboxylic acids is 1. The van der Waals surface area contributed by atoms with E-state index in [4.69, 9.17) is 0 Å². The maximum atomic E-state index is 11.9. The summed E-state index contributed by atoms with van der Waals surface area (Å²) in [4.78, 5) is 16.0. The van der Waals surface area contributed by atoms with Gasteiger partial charge in [-0.2, -0.15) is 0 Å². The van der Waals surface area contributed by atoms with Crippen LogP contribution >= 0.6 is 15.9 Å². The normalized spacial score (nSPS) is 10.3. The number of hydrogen-bond acceptors (Lipinski definition) is 2. The summed E-state index contributed by atoms with van der Waals surface area (Å²) in [6.07, 6.45) is 1.64. The molecule has 4 nitrogen and oxygen atoms in total. The molecule has 0 aromatic carbocycles. The van der Waals surface area contributed by atoms with Crippen LogP contribution in [0, 0.1) is 6.92 Å². The molecule has 0 unspecified atom stereocenters. The Balaban J connectivity index is 2.17. The number of nitrogens with zero attached hydrogens (tertiary/aromatic N) is 2. The van der Waals surface area contributed by atoms with Crippen LogP contribution in [0.4, 0.5) is 5.82 Å². The average Bonchev–Trinajstić information content (AvgIpc) is 2.63. The Morgan fingerprint density at radius 3 is 2.65 bits per heavy atom. The molecule has 0 atom stereocenters. The largest absolute Gasteiger partial charge is 0.344 e. The van der Waals surface area contributed by atoms with Gasteiger partial charge in [0.25, 0.3) is 5.91 Å². The van der Waals surface area contributed by atoms with Crippen molar-refractivity contribution >= 4 is 27.7 Å². The third-order valence-corrected chi connectivity index (χ3v) is 3.04. The Morgan fingerprint density at radius 2 is 2.12 bits per heavy atom. The van der Waals surface area contributed by atoms with Crippen LogP contribution in [0.15, 0.2) is 34.9 Å².